The van der Waals surface area contributed by atoms with Crippen molar-refractivity contribution >= 4 is 22.8 Å². The van der Waals surface area contributed by atoms with E-state index in [0.29, 0.717) is 12.1 Å². The maximum atomic E-state index is 12.9. The van der Waals surface area contributed by atoms with Crippen molar-refractivity contribution in [3.05, 3.63) is 53.9 Å². The van der Waals surface area contributed by atoms with Gasteiger partial charge in [-0.2, -0.15) is 0 Å². The second kappa shape index (κ2) is 7.98. The number of fused-ring (bicyclic) bond motifs is 1. The lowest BCUT2D eigenvalue weighted by atomic mass is 9.94. The van der Waals surface area contributed by atoms with Crippen LogP contribution in [0.25, 0.3) is 11.0 Å². The molecule has 0 aliphatic carbocycles. The largest absolute Gasteiger partial charge is 0.345 e. The lowest BCUT2D eigenvalue weighted by Crippen LogP contribution is -2.41. The fourth-order valence-corrected chi connectivity index (χ4v) is 3.74. The van der Waals surface area contributed by atoms with Gasteiger partial charge in [-0.3, -0.25) is 14.6 Å². The topological polar surface area (TPSA) is 84.2 Å². The Kier molecular flexibility index (Phi) is 5.24. The first kappa shape index (κ1) is 19.0. The molecule has 2 aromatic heterocycles. The first-order chi connectivity index (χ1) is 14.0. The Balaban J connectivity index is 1.44. The number of nitrogens with zero attached hydrogens (tertiary/aromatic N) is 6. The molecule has 8 heteroatoms. The fraction of sp³-hybridized carbons (Fsp3) is 0.381. The van der Waals surface area contributed by atoms with Crippen LogP contribution in [-0.2, 0) is 11.3 Å². The molecule has 1 aromatic carbocycles. The molecule has 1 saturated heterocycles. The van der Waals surface area contributed by atoms with Crippen molar-refractivity contribution in [3.63, 3.8) is 0 Å². The van der Waals surface area contributed by atoms with Crippen LogP contribution in [0.1, 0.15) is 34.8 Å². The van der Waals surface area contributed by atoms with Crippen LogP contribution in [0, 0.1) is 0 Å². The van der Waals surface area contributed by atoms with E-state index in [9.17, 15) is 9.59 Å². The summed E-state index contributed by atoms with van der Waals surface area (Å²) in [5, 5.41) is 8.23. The number of hydrogen-bond donors (Lipinski definition) is 0. The summed E-state index contributed by atoms with van der Waals surface area (Å²) >= 11 is 0. The number of hydrogen-bond acceptors (Lipinski definition) is 5. The number of benzene rings is 1. The Morgan fingerprint density at radius 2 is 2.00 bits per heavy atom. The summed E-state index contributed by atoms with van der Waals surface area (Å²) in [7, 11) is 3.44. The third kappa shape index (κ3) is 3.96. The van der Waals surface area contributed by atoms with Crippen molar-refractivity contribution in [2.75, 3.05) is 27.2 Å². The summed E-state index contributed by atoms with van der Waals surface area (Å²) in [5.41, 5.74) is 3.13. The molecule has 0 radical (unpaired) electrons. The smallest absolute Gasteiger partial charge is 0.254 e. The average Bonchev–Trinajstić information content (AvgIpc) is 3.16. The van der Waals surface area contributed by atoms with Gasteiger partial charge in [0.05, 0.1) is 11.1 Å². The summed E-state index contributed by atoms with van der Waals surface area (Å²) in [5.74, 6) is 0.137. The molecule has 0 saturated carbocycles. The van der Waals surface area contributed by atoms with E-state index in [0.717, 1.165) is 36.1 Å². The van der Waals surface area contributed by atoms with Gasteiger partial charge in [-0.15, -0.1) is 5.10 Å². The van der Waals surface area contributed by atoms with E-state index in [1.165, 1.54) is 4.90 Å². The number of para-hydroxylation sites is 1. The molecule has 29 heavy (non-hydrogen) atoms. The minimum Gasteiger partial charge on any atom is -0.345 e. The van der Waals surface area contributed by atoms with Crippen molar-refractivity contribution in [1.82, 2.24) is 29.8 Å². The standard InChI is InChI=1S/C21H24N6O2/c1-25(2)21(29)15-9-10-17(22-12-15)16-6-5-11-26(13-16)20(28)14-27-19-8-4-3-7-18(19)23-24-27/h3-4,7-10,12,16H,5-6,11,13-14H2,1-2H3/t16-/m1/s1. The van der Waals surface area contributed by atoms with Gasteiger partial charge in [-0.05, 0) is 37.1 Å². The van der Waals surface area contributed by atoms with Gasteiger partial charge >= 0.3 is 0 Å². The lowest BCUT2D eigenvalue weighted by molar-refractivity contribution is -0.133. The quantitative estimate of drug-likeness (QED) is 0.677. The van der Waals surface area contributed by atoms with Crippen molar-refractivity contribution in [3.8, 4) is 0 Å². The van der Waals surface area contributed by atoms with Crippen LogP contribution in [0.2, 0.25) is 0 Å². The zero-order valence-corrected chi connectivity index (χ0v) is 16.7. The van der Waals surface area contributed by atoms with Crippen LogP contribution >= 0.6 is 0 Å². The highest BCUT2D eigenvalue weighted by atomic mass is 16.2. The van der Waals surface area contributed by atoms with E-state index in [-0.39, 0.29) is 24.3 Å². The monoisotopic (exact) mass is 392 g/mol. The van der Waals surface area contributed by atoms with E-state index < -0.39 is 0 Å². The molecular formula is C21H24N6O2. The van der Waals surface area contributed by atoms with Crippen LogP contribution in [0.15, 0.2) is 42.6 Å². The predicted molar refractivity (Wildman–Crippen MR) is 108 cm³/mol. The van der Waals surface area contributed by atoms with E-state index >= 15 is 0 Å². The minimum atomic E-state index is -0.0652. The third-order valence-electron chi connectivity index (χ3n) is 5.34. The Bertz CT molecular complexity index is 1030. The van der Waals surface area contributed by atoms with Gasteiger partial charge in [-0.25, -0.2) is 4.68 Å². The number of amides is 2. The molecule has 1 fully saturated rings. The molecule has 150 valence electrons. The van der Waals surface area contributed by atoms with Gasteiger partial charge < -0.3 is 9.80 Å². The maximum absolute atomic E-state index is 12.9. The predicted octanol–water partition coefficient (Wildman–Crippen LogP) is 1.93. The van der Waals surface area contributed by atoms with E-state index in [1.807, 2.05) is 41.3 Å². The van der Waals surface area contributed by atoms with E-state index in [1.54, 1.807) is 25.0 Å². The molecule has 1 aliphatic rings. The van der Waals surface area contributed by atoms with Crippen molar-refractivity contribution < 1.29 is 9.59 Å². The zero-order valence-electron chi connectivity index (χ0n) is 16.7. The number of rotatable bonds is 4. The number of likely N-dealkylation sites (tertiary alicyclic amines) is 1. The second-order valence-electron chi connectivity index (χ2n) is 7.59. The summed E-state index contributed by atoms with van der Waals surface area (Å²) in [4.78, 5) is 32.8. The number of carbonyl (C=O) groups excluding carboxylic acids is 2. The first-order valence-corrected chi connectivity index (χ1v) is 9.76. The average molecular weight is 392 g/mol. The highest BCUT2D eigenvalue weighted by Gasteiger charge is 2.26. The van der Waals surface area contributed by atoms with Crippen LogP contribution in [0.5, 0.6) is 0 Å². The molecule has 0 spiro atoms. The SMILES string of the molecule is CN(C)C(=O)c1ccc([C@@H]2CCCN(C(=O)Cn3nnc4ccccc43)C2)nc1. The molecule has 0 N–H and O–H groups in total. The maximum Gasteiger partial charge on any atom is 0.254 e. The molecule has 8 nitrogen and oxygen atoms in total. The summed E-state index contributed by atoms with van der Waals surface area (Å²) < 4.78 is 1.65. The Labute approximate surface area is 169 Å². The summed E-state index contributed by atoms with van der Waals surface area (Å²) in [6.45, 7) is 1.54. The molecule has 0 unspecified atom stereocenters. The lowest BCUT2D eigenvalue weighted by Gasteiger charge is -2.32. The molecular weight excluding hydrogens is 368 g/mol. The van der Waals surface area contributed by atoms with E-state index in [2.05, 4.69) is 15.3 Å². The highest BCUT2D eigenvalue weighted by Crippen LogP contribution is 2.26. The molecule has 0 bridgehead atoms. The van der Waals surface area contributed by atoms with Gasteiger partial charge in [0.25, 0.3) is 5.91 Å². The van der Waals surface area contributed by atoms with Crippen LogP contribution in [-0.4, -0.2) is 68.8 Å². The summed E-state index contributed by atoms with van der Waals surface area (Å²) in [6.07, 6.45) is 3.53. The van der Waals surface area contributed by atoms with Gasteiger partial charge in [0.2, 0.25) is 5.91 Å². The Morgan fingerprint density at radius 1 is 1.17 bits per heavy atom. The van der Waals surface area contributed by atoms with Gasteiger partial charge in [0.1, 0.15) is 12.1 Å². The van der Waals surface area contributed by atoms with E-state index in [4.69, 9.17) is 0 Å². The number of piperidine rings is 1. The second-order valence-corrected chi connectivity index (χ2v) is 7.59. The molecule has 3 heterocycles. The first-order valence-electron chi connectivity index (χ1n) is 9.76. The number of aromatic nitrogens is 4. The molecule has 4 rings (SSSR count). The molecule has 2 amide bonds. The van der Waals surface area contributed by atoms with Gasteiger partial charge in [0, 0.05) is 45.0 Å². The van der Waals surface area contributed by atoms with Crippen LogP contribution < -0.4 is 0 Å². The molecule has 1 atom stereocenters. The van der Waals surface area contributed by atoms with Gasteiger partial charge in [-0.1, -0.05) is 17.3 Å². The van der Waals surface area contributed by atoms with Crippen molar-refractivity contribution in [1.29, 1.82) is 0 Å². The van der Waals surface area contributed by atoms with Crippen molar-refractivity contribution in [2.24, 2.45) is 0 Å². The number of pyridine rings is 1. The van der Waals surface area contributed by atoms with Gasteiger partial charge in [0.15, 0.2) is 0 Å². The summed E-state index contributed by atoms with van der Waals surface area (Å²) in [6, 6.07) is 11.3. The van der Waals surface area contributed by atoms with Crippen LogP contribution in [0.4, 0.5) is 0 Å². The minimum absolute atomic E-state index is 0.0322. The van der Waals surface area contributed by atoms with Crippen molar-refractivity contribution in [2.45, 2.75) is 25.3 Å². The Morgan fingerprint density at radius 3 is 2.76 bits per heavy atom. The zero-order chi connectivity index (χ0) is 20.4. The molecule has 1 aliphatic heterocycles. The fourth-order valence-electron chi connectivity index (χ4n) is 3.74. The number of carbonyl (C=O) groups is 2. The normalized spacial score (nSPS) is 16.8. The molecule has 3 aromatic rings. The Hall–Kier alpha value is -3.29. The highest BCUT2D eigenvalue weighted by molar-refractivity contribution is 5.93. The van der Waals surface area contributed by atoms with Crippen LogP contribution in [0.3, 0.4) is 0 Å². The third-order valence-corrected chi connectivity index (χ3v) is 5.34.